The molecule has 4 N–H and O–H groups in total. The van der Waals surface area contributed by atoms with E-state index in [1.54, 1.807) is 14.0 Å². The molecule has 0 bridgehead atoms. The molecule has 7 heteroatoms. The summed E-state index contributed by atoms with van der Waals surface area (Å²) in [6, 6.07) is 0.152. The van der Waals surface area contributed by atoms with Crippen molar-refractivity contribution in [2.24, 2.45) is 5.73 Å². The lowest BCUT2D eigenvalue weighted by molar-refractivity contribution is 0.0533. The Labute approximate surface area is 116 Å². The van der Waals surface area contributed by atoms with Crippen molar-refractivity contribution in [1.82, 2.24) is 0 Å². The summed E-state index contributed by atoms with van der Waals surface area (Å²) >= 11 is 1.30. The van der Waals surface area contributed by atoms with Crippen molar-refractivity contribution in [3.05, 3.63) is 4.88 Å². The van der Waals surface area contributed by atoms with E-state index in [9.17, 15) is 4.79 Å². The van der Waals surface area contributed by atoms with Gasteiger partial charge in [0.15, 0.2) is 5.75 Å². The molecule has 0 saturated carbocycles. The maximum absolute atomic E-state index is 11.8. The van der Waals surface area contributed by atoms with E-state index in [1.165, 1.54) is 11.3 Å². The topological polar surface area (TPSA) is 90.8 Å². The Morgan fingerprint density at radius 1 is 1.58 bits per heavy atom. The number of hydrogen-bond acceptors (Lipinski definition) is 7. The predicted molar refractivity (Wildman–Crippen MR) is 76.0 cm³/mol. The molecule has 2 heterocycles. The number of nitrogens with two attached hydrogens (primary N) is 2. The van der Waals surface area contributed by atoms with Crippen LogP contribution in [0.5, 0.6) is 5.75 Å². The Morgan fingerprint density at radius 2 is 2.32 bits per heavy atom. The van der Waals surface area contributed by atoms with Gasteiger partial charge in [-0.05, 0) is 13.3 Å². The van der Waals surface area contributed by atoms with Gasteiger partial charge in [0.2, 0.25) is 0 Å². The number of ether oxygens (including phenoxy) is 2. The second-order valence-corrected chi connectivity index (χ2v) is 5.40. The molecule has 106 valence electrons. The zero-order valence-electron chi connectivity index (χ0n) is 11.1. The molecule has 0 radical (unpaired) electrons. The highest BCUT2D eigenvalue weighted by atomic mass is 32.1. The molecule has 1 saturated heterocycles. The maximum Gasteiger partial charge on any atom is 0.350 e. The van der Waals surface area contributed by atoms with E-state index < -0.39 is 5.97 Å². The van der Waals surface area contributed by atoms with Crippen LogP contribution in [0.15, 0.2) is 0 Å². The highest BCUT2D eigenvalue weighted by molar-refractivity contribution is 7.19. The van der Waals surface area contributed by atoms with E-state index in [4.69, 9.17) is 20.9 Å². The van der Waals surface area contributed by atoms with E-state index in [2.05, 4.69) is 4.90 Å². The van der Waals surface area contributed by atoms with Gasteiger partial charge in [-0.2, -0.15) is 0 Å². The normalized spacial score (nSPS) is 18.7. The second-order valence-electron chi connectivity index (χ2n) is 4.40. The third-order valence-corrected chi connectivity index (χ3v) is 4.29. The number of carbonyl (C=O) groups excluding carboxylic acids is 1. The number of esters is 1. The summed E-state index contributed by atoms with van der Waals surface area (Å²) in [6.07, 6.45) is 0.926. The molecule has 2 rings (SSSR count). The average molecular weight is 285 g/mol. The number of hydrogen-bond donors (Lipinski definition) is 2. The van der Waals surface area contributed by atoms with Crippen molar-refractivity contribution < 1.29 is 14.3 Å². The van der Waals surface area contributed by atoms with E-state index in [-0.39, 0.29) is 6.04 Å². The van der Waals surface area contributed by atoms with Gasteiger partial charge in [-0.1, -0.05) is 0 Å². The average Bonchev–Trinajstić information content (AvgIpc) is 2.93. The fourth-order valence-corrected chi connectivity index (χ4v) is 3.26. The Hall–Kier alpha value is -1.47. The first-order valence-corrected chi connectivity index (χ1v) is 7.04. The smallest absolute Gasteiger partial charge is 0.350 e. The first kappa shape index (κ1) is 14.0. The summed E-state index contributed by atoms with van der Waals surface area (Å²) < 4.78 is 10.3. The molecule has 19 heavy (non-hydrogen) atoms. The highest BCUT2D eigenvalue weighted by Crippen LogP contribution is 2.45. The summed E-state index contributed by atoms with van der Waals surface area (Å²) in [5, 5.41) is 0.857. The summed E-state index contributed by atoms with van der Waals surface area (Å²) in [5.41, 5.74) is 12.2. The fraction of sp³-hybridized carbons (Fsp3) is 0.583. The minimum atomic E-state index is -0.405. The van der Waals surface area contributed by atoms with Crippen LogP contribution in [0.1, 0.15) is 23.0 Å². The number of carbonyl (C=O) groups is 1. The van der Waals surface area contributed by atoms with Gasteiger partial charge in [-0.3, -0.25) is 0 Å². The van der Waals surface area contributed by atoms with Gasteiger partial charge in [0.05, 0.1) is 13.7 Å². The highest BCUT2D eigenvalue weighted by Gasteiger charge is 2.29. The lowest BCUT2D eigenvalue weighted by Crippen LogP contribution is -2.25. The molecule has 1 atom stereocenters. The van der Waals surface area contributed by atoms with Crippen molar-refractivity contribution in [3.63, 3.8) is 0 Å². The second kappa shape index (κ2) is 5.66. The molecule has 0 aliphatic carbocycles. The van der Waals surface area contributed by atoms with Crippen LogP contribution in [0.3, 0.4) is 0 Å². The van der Waals surface area contributed by atoms with Gasteiger partial charge in [0, 0.05) is 19.1 Å². The minimum Gasteiger partial charge on any atom is -0.492 e. The predicted octanol–water partition coefficient (Wildman–Crippen LogP) is 1.05. The Balaban J connectivity index is 2.33. The van der Waals surface area contributed by atoms with Gasteiger partial charge >= 0.3 is 5.97 Å². The number of thiophene rings is 1. The number of methoxy groups -OCH3 is 1. The first-order chi connectivity index (χ1) is 9.08. The van der Waals surface area contributed by atoms with Gasteiger partial charge in [0.1, 0.15) is 15.6 Å². The number of nitrogen functional groups attached to an aromatic ring is 1. The largest absolute Gasteiger partial charge is 0.492 e. The summed E-state index contributed by atoms with van der Waals surface area (Å²) in [6.45, 7) is 3.68. The molecule has 1 aliphatic heterocycles. The van der Waals surface area contributed by atoms with Crippen LogP contribution >= 0.6 is 11.3 Å². The number of anilines is 2. The third kappa shape index (κ3) is 2.62. The molecule has 1 fully saturated rings. The molecule has 1 aromatic rings. The SMILES string of the molecule is CCOC(=O)c1sc(N2CCC(N)C2)c(OC)c1N. The van der Waals surface area contributed by atoms with Crippen molar-refractivity contribution in [1.29, 1.82) is 0 Å². The molecule has 0 spiro atoms. The summed E-state index contributed by atoms with van der Waals surface area (Å²) in [5.74, 6) is 0.139. The van der Waals surface area contributed by atoms with Gasteiger partial charge in [-0.15, -0.1) is 11.3 Å². The number of nitrogens with zero attached hydrogens (tertiary/aromatic N) is 1. The van der Waals surface area contributed by atoms with Gasteiger partial charge in [0.25, 0.3) is 0 Å². The Bertz CT molecular complexity index is 475. The van der Waals surface area contributed by atoms with Crippen LogP contribution < -0.4 is 21.1 Å². The lowest BCUT2D eigenvalue weighted by atomic mass is 10.3. The monoisotopic (exact) mass is 285 g/mol. The van der Waals surface area contributed by atoms with Crippen molar-refractivity contribution in [3.8, 4) is 5.75 Å². The van der Waals surface area contributed by atoms with Crippen LogP contribution in [0.25, 0.3) is 0 Å². The fourth-order valence-electron chi connectivity index (χ4n) is 2.14. The summed E-state index contributed by atoms with van der Waals surface area (Å²) in [7, 11) is 1.55. The minimum absolute atomic E-state index is 0.152. The Morgan fingerprint density at radius 3 is 2.84 bits per heavy atom. The van der Waals surface area contributed by atoms with Crippen molar-refractivity contribution in [2.45, 2.75) is 19.4 Å². The van der Waals surface area contributed by atoms with Crippen LogP contribution in [0.4, 0.5) is 10.7 Å². The van der Waals surface area contributed by atoms with E-state index in [0.29, 0.717) is 22.9 Å². The zero-order chi connectivity index (χ0) is 14.0. The van der Waals surface area contributed by atoms with E-state index >= 15 is 0 Å². The zero-order valence-corrected chi connectivity index (χ0v) is 12.0. The van der Waals surface area contributed by atoms with Crippen LogP contribution in [-0.4, -0.2) is 38.8 Å². The Kier molecular flexibility index (Phi) is 4.16. The molecule has 1 aliphatic rings. The molecule has 1 unspecified atom stereocenters. The van der Waals surface area contributed by atoms with Gasteiger partial charge in [-0.25, -0.2) is 4.79 Å². The standard InChI is InChI=1S/C12H19N3O3S/c1-3-18-12(16)10-8(14)9(17-2)11(19-10)15-5-4-7(13)6-15/h7H,3-6,13-14H2,1-2H3. The first-order valence-electron chi connectivity index (χ1n) is 6.22. The third-order valence-electron chi connectivity index (χ3n) is 3.06. The molecular formula is C12H19N3O3S. The van der Waals surface area contributed by atoms with Crippen molar-refractivity contribution in [2.75, 3.05) is 37.4 Å². The lowest BCUT2D eigenvalue weighted by Gasteiger charge is -2.17. The number of rotatable bonds is 4. The van der Waals surface area contributed by atoms with Gasteiger partial charge < -0.3 is 25.8 Å². The molecule has 6 nitrogen and oxygen atoms in total. The van der Waals surface area contributed by atoms with Crippen LogP contribution in [0.2, 0.25) is 0 Å². The van der Waals surface area contributed by atoms with E-state index in [1.807, 2.05) is 0 Å². The van der Waals surface area contributed by atoms with Crippen LogP contribution in [0, 0.1) is 0 Å². The molecule has 1 aromatic heterocycles. The molecular weight excluding hydrogens is 266 g/mol. The summed E-state index contributed by atoms with van der Waals surface area (Å²) in [4.78, 5) is 14.3. The van der Waals surface area contributed by atoms with Crippen molar-refractivity contribution >= 4 is 28.0 Å². The van der Waals surface area contributed by atoms with Crippen LogP contribution in [-0.2, 0) is 4.74 Å². The quantitative estimate of drug-likeness (QED) is 0.804. The maximum atomic E-state index is 11.8. The van der Waals surface area contributed by atoms with E-state index in [0.717, 1.165) is 24.5 Å². The molecule has 0 amide bonds. The molecule has 0 aromatic carbocycles.